The standard InChI is InChI=1S/C31H35NS/c1-5-19-32(20-8-6-7-18-31(2,3)4)24-28-13-9-11-26(22-28)15-16-27-12-10-14-29(23-27)30-17-21-33-25-30/h6,8-17,21-23,25H,5,19-20,24H2,1-4H3. The first-order chi connectivity index (χ1) is 15.9. The number of benzene rings is 2. The molecule has 0 bridgehead atoms. The van der Waals surface area contributed by atoms with Gasteiger partial charge in [0, 0.05) is 18.5 Å². The van der Waals surface area contributed by atoms with Crippen LogP contribution in [-0.4, -0.2) is 18.0 Å². The second-order valence-electron chi connectivity index (χ2n) is 9.37. The number of hydrogen-bond acceptors (Lipinski definition) is 2. The molecule has 170 valence electrons. The van der Waals surface area contributed by atoms with E-state index in [1.165, 1.54) is 27.8 Å². The minimum Gasteiger partial charge on any atom is -0.295 e. The Labute approximate surface area is 204 Å². The number of rotatable bonds is 9. The maximum Gasteiger partial charge on any atom is 0.0237 e. The van der Waals surface area contributed by atoms with Crippen molar-refractivity contribution in [2.75, 3.05) is 13.1 Å². The van der Waals surface area contributed by atoms with E-state index in [1.807, 2.05) is 6.08 Å². The van der Waals surface area contributed by atoms with Crippen molar-refractivity contribution in [1.82, 2.24) is 4.90 Å². The van der Waals surface area contributed by atoms with Crippen molar-refractivity contribution in [2.45, 2.75) is 40.7 Å². The van der Waals surface area contributed by atoms with E-state index < -0.39 is 0 Å². The van der Waals surface area contributed by atoms with Gasteiger partial charge in [-0.2, -0.15) is 11.3 Å². The summed E-state index contributed by atoms with van der Waals surface area (Å²) in [7, 11) is 0. The molecule has 1 nitrogen and oxygen atoms in total. The largest absolute Gasteiger partial charge is 0.295 e. The molecule has 0 aliphatic carbocycles. The van der Waals surface area contributed by atoms with Gasteiger partial charge >= 0.3 is 0 Å². The summed E-state index contributed by atoms with van der Waals surface area (Å²) in [5.41, 5.74) is 6.39. The molecule has 0 spiro atoms. The van der Waals surface area contributed by atoms with E-state index in [0.29, 0.717) is 0 Å². The van der Waals surface area contributed by atoms with Gasteiger partial charge in [-0.25, -0.2) is 0 Å². The van der Waals surface area contributed by atoms with Crippen LogP contribution in [0.25, 0.3) is 23.3 Å². The lowest BCUT2D eigenvalue weighted by atomic mass is 9.98. The van der Waals surface area contributed by atoms with Crippen LogP contribution in [0.4, 0.5) is 0 Å². The average molecular weight is 454 g/mol. The van der Waals surface area contributed by atoms with Crippen molar-refractivity contribution in [3.05, 3.63) is 94.2 Å². The highest BCUT2D eigenvalue weighted by Gasteiger charge is 2.05. The lowest BCUT2D eigenvalue weighted by Crippen LogP contribution is -2.24. The topological polar surface area (TPSA) is 3.24 Å². The quantitative estimate of drug-likeness (QED) is 0.232. The van der Waals surface area contributed by atoms with Crippen molar-refractivity contribution < 1.29 is 0 Å². The van der Waals surface area contributed by atoms with E-state index in [9.17, 15) is 0 Å². The van der Waals surface area contributed by atoms with Crippen LogP contribution < -0.4 is 0 Å². The molecular weight excluding hydrogens is 418 g/mol. The lowest BCUT2D eigenvalue weighted by molar-refractivity contribution is 0.295. The van der Waals surface area contributed by atoms with Crippen LogP contribution in [0.2, 0.25) is 0 Å². The van der Waals surface area contributed by atoms with Crippen LogP contribution in [0.3, 0.4) is 0 Å². The fourth-order valence-corrected chi connectivity index (χ4v) is 4.23. The molecule has 1 aromatic heterocycles. The van der Waals surface area contributed by atoms with Crippen LogP contribution >= 0.6 is 11.3 Å². The van der Waals surface area contributed by atoms with E-state index >= 15 is 0 Å². The molecule has 0 saturated heterocycles. The van der Waals surface area contributed by atoms with Gasteiger partial charge in [0.1, 0.15) is 0 Å². The second-order valence-corrected chi connectivity index (χ2v) is 10.2. The van der Waals surface area contributed by atoms with E-state index in [1.54, 1.807) is 11.3 Å². The van der Waals surface area contributed by atoms with Crippen molar-refractivity contribution in [3.8, 4) is 23.0 Å². The molecule has 0 atom stereocenters. The Morgan fingerprint density at radius 2 is 1.70 bits per heavy atom. The normalized spacial score (nSPS) is 11.9. The smallest absolute Gasteiger partial charge is 0.0237 e. The van der Waals surface area contributed by atoms with Crippen LogP contribution in [0.5, 0.6) is 0 Å². The Bertz CT molecular complexity index is 1120. The zero-order valence-corrected chi connectivity index (χ0v) is 21.2. The maximum atomic E-state index is 3.26. The third-order valence-electron chi connectivity index (χ3n) is 5.12. The highest BCUT2D eigenvalue weighted by atomic mass is 32.1. The molecule has 3 aromatic rings. The van der Waals surface area contributed by atoms with E-state index in [2.05, 4.69) is 128 Å². The minimum atomic E-state index is 0.0482. The molecule has 1 heterocycles. The summed E-state index contributed by atoms with van der Waals surface area (Å²) in [5, 5.41) is 4.32. The number of thiophene rings is 1. The average Bonchev–Trinajstić information content (AvgIpc) is 3.32. The molecular formula is C31H35NS. The summed E-state index contributed by atoms with van der Waals surface area (Å²) in [6, 6.07) is 19.7. The predicted molar refractivity (Wildman–Crippen MR) is 147 cm³/mol. The van der Waals surface area contributed by atoms with Gasteiger partial charge in [0.05, 0.1) is 0 Å². The van der Waals surface area contributed by atoms with Crippen molar-refractivity contribution in [2.24, 2.45) is 5.41 Å². The minimum absolute atomic E-state index is 0.0482. The van der Waals surface area contributed by atoms with Crippen molar-refractivity contribution in [1.29, 1.82) is 0 Å². The number of allylic oxidation sites excluding steroid dienone is 1. The monoisotopic (exact) mass is 453 g/mol. The molecule has 0 aliphatic rings. The van der Waals surface area contributed by atoms with Crippen LogP contribution in [-0.2, 0) is 6.54 Å². The van der Waals surface area contributed by atoms with Crippen molar-refractivity contribution >= 4 is 23.5 Å². The van der Waals surface area contributed by atoms with Gasteiger partial charge in [0.15, 0.2) is 0 Å². The Morgan fingerprint density at radius 3 is 2.39 bits per heavy atom. The van der Waals surface area contributed by atoms with Gasteiger partial charge in [0.25, 0.3) is 0 Å². The summed E-state index contributed by atoms with van der Waals surface area (Å²) < 4.78 is 0. The lowest BCUT2D eigenvalue weighted by Gasteiger charge is -2.20. The van der Waals surface area contributed by atoms with Gasteiger partial charge in [-0.3, -0.25) is 4.90 Å². The fraction of sp³-hybridized carbons (Fsp3) is 0.290. The first-order valence-corrected chi connectivity index (χ1v) is 12.7. The molecule has 0 unspecified atom stereocenters. The van der Waals surface area contributed by atoms with Gasteiger partial charge in [-0.1, -0.05) is 79.5 Å². The summed E-state index contributed by atoms with van der Waals surface area (Å²) in [4.78, 5) is 2.47. The second kappa shape index (κ2) is 12.4. The third-order valence-corrected chi connectivity index (χ3v) is 5.80. The van der Waals surface area contributed by atoms with Gasteiger partial charge in [-0.15, -0.1) is 0 Å². The first kappa shape index (κ1) is 24.8. The molecule has 3 rings (SSSR count). The number of nitrogens with zero attached hydrogens (tertiary/aromatic N) is 1. The molecule has 0 aliphatic heterocycles. The molecule has 0 radical (unpaired) electrons. The molecule has 0 amide bonds. The number of hydrogen-bond donors (Lipinski definition) is 0. The highest BCUT2D eigenvalue weighted by Crippen LogP contribution is 2.23. The summed E-state index contributed by atoms with van der Waals surface area (Å²) in [6.45, 7) is 11.6. The molecule has 0 saturated carbocycles. The van der Waals surface area contributed by atoms with Crippen molar-refractivity contribution in [3.63, 3.8) is 0 Å². The maximum absolute atomic E-state index is 3.26. The zero-order chi connectivity index (χ0) is 23.5. The molecule has 33 heavy (non-hydrogen) atoms. The Hall–Kier alpha value is -2.86. The van der Waals surface area contributed by atoms with Gasteiger partial charge in [0.2, 0.25) is 0 Å². The fourth-order valence-electron chi connectivity index (χ4n) is 3.57. The highest BCUT2D eigenvalue weighted by molar-refractivity contribution is 7.08. The van der Waals surface area contributed by atoms with Crippen LogP contribution in [0, 0.1) is 17.3 Å². The summed E-state index contributed by atoms with van der Waals surface area (Å²) >= 11 is 1.74. The molecule has 0 N–H and O–H groups in total. The van der Waals surface area contributed by atoms with Crippen LogP contribution in [0.1, 0.15) is 50.8 Å². The molecule has 2 aromatic carbocycles. The van der Waals surface area contributed by atoms with Gasteiger partial charge < -0.3 is 0 Å². The summed E-state index contributed by atoms with van der Waals surface area (Å²) in [5.74, 6) is 6.44. The predicted octanol–water partition coefficient (Wildman–Crippen LogP) is 8.40. The van der Waals surface area contributed by atoms with Gasteiger partial charge in [-0.05, 0) is 90.5 Å². The Balaban J connectivity index is 1.65. The first-order valence-electron chi connectivity index (χ1n) is 11.7. The Morgan fingerprint density at radius 1 is 0.939 bits per heavy atom. The Kier molecular flexibility index (Phi) is 9.31. The van der Waals surface area contributed by atoms with E-state index in [4.69, 9.17) is 0 Å². The van der Waals surface area contributed by atoms with Crippen LogP contribution in [0.15, 0.2) is 77.5 Å². The van der Waals surface area contributed by atoms with E-state index in [-0.39, 0.29) is 5.41 Å². The SMILES string of the molecule is CCCN(CC=CC#CC(C)(C)C)Cc1cccc(C=Cc2cccc(-c3ccsc3)c2)c1. The summed E-state index contributed by atoms with van der Waals surface area (Å²) in [6.07, 6.45) is 9.73. The van der Waals surface area contributed by atoms with E-state index in [0.717, 1.165) is 26.1 Å². The zero-order valence-electron chi connectivity index (χ0n) is 20.3. The molecule has 0 fully saturated rings. The molecule has 2 heteroatoms. The third kappa shape index (κ3) is 8.89.